The minimum atomic E-state index is -0.860. The summed E-state index contributed by atoms with van der Waals surface area (Å²) in [6.45, 7) is 0. The number of fused-ring (bicyclic) bond motifs is 1. The first kappa shape index (κ1) is 16.4. The molecule has 0 aliphatic carbocycles. The Morgan fingerprint density at radius 3 is 1.49 bits per heavy atom. The molecular formula is C46H33N. The summed E-state index contributed by atoms with van der Waals surface area (Å²) < 4.78 is 137. The largest absolute Gasteiger partial charge is 0.310 e. The van der Waals surface area contributed by atoms with Gasteiger partial charge in [-0.25, -0.2) is 0 Å². The van der Waals surface area contributed by atoms with Crippen molar-refractivity contribution >= 4 is 27.8 Å². The molecule has 222 valence electrons. The lowest BCUT2D eigenvalue weighted by Gasteiger charge is -2.27. The maximum atomic E-state index is 9.57. The molecule has 0 atom stereocenters. The van der Waals surface area contributed by atoms with E-state index in [0.717, 1.165) is 27.2 Å². The van der Waals surface area contributed by atoms with E-state index in [2.05, 4.69) is 0 Å². The SMILES string of the molecule is [2H]c1c([2H])c(N(c2c([2H])c([2H])c(-c3ccc(-c4ccccc4)c(-c4ccccc4)c3)c([2H])c2[2H])c2c([2H])c([2H])c([2H])c3c([2H])c([2H])c([2H])c([2H])c23)c([2H])c([2H])c1-c1ccccc1. The van der Waals surface area contributed by atoms with Crippen LogP contribution in [-0.4, -0.2) is 0 Å². The van der Waals surface area contributed by atoms with Crippen LogP contribution in [0.2, 0.25) is 0 Å². The molecule has 1 heteroatoms. The average molecular weight is 615 g/mol. The summed E-state index contributed by atoms with van der Waals surface area (Å²) in [5.41, 5.74) is 1.68. The Morgan fingerprint density at radius 1 is 0.362 bits per heavy atom. The van der Waals surface area contributed by atoms with Crippen LogP contribution in [0, 0.1) is 0 Å². The molecule has 0 aromatic heterocycles. The summed E-state index contributed by atoms with van der Waals surface area (Å²) in [4.78, 5) is 0.761. The van der Waals surface area contributed by atoms with E-state index in [-0.39, 0.29) is 11.1 Å². The molecule has 0 saturated heterocycles. The number of hydrogen-bond donors (Lipinski definition) is 0. The molecule has 8 rings (SSSR count). The Bertz CT molecular complexity index is 3060. The van der Waals surface area contributed by atoms with Crippen molar-refractivity contribution in [1.82, 2.24) is 0 Å². The Balaban J connectivity index is 1.49. The lowest BCUT2D eigenvalue weighted by molar-refractivity contribution is 1.30. The lowest BCUT2D eigenvalue weighted by atomic mass is 9.91. The van der Waals surface area contributed by atoms with Crippen molar-refractivity contribution in [1.29, 1.82) is 0 Å². The monoisotopic (exact) mass is 614 g/mol. The minimum Gasteiger partial charge on any atom is -0.310 e. The predicted octanol–water partition coefficient (Wildman–Crippen LogP) is 13.0. The summed E-state index contributed by atoms with van der Waals surface area (Å²) in [6.07, 6.45) is 0. The van der Waals surface area contributed by atoms with Crippen molar-refractivity contribution in [3.05, 3.63) is 200 Å². The summed E-state index contributed by atoms with van der Waals surface area (Å²) in [5.74, 6) is 0. The van der Waals surface area contributed by atoms with Crippen molar-refractivity contribution < 1.29 is 20.6 Å². The number of benzene rings is 8. The molecule has 0 spiro atoms. The van der Waals surface area contributed by atoms with E-state index in [9.17, 15) is 9.60 Å². The highest BCUT2D eigenvalue weighted by Crippen LogP contribution is 2.41. The van der Waals surface area contributed by atoms with Gasteiger partial charge in [-0.15, -0.1) is 0 Å². The Morgan fingerprint density at radius 2 is 0.872 bits per heavy atom. The molecule has 1 nitrogen and oxygen atoms in total. The van der Waals surface area contributed by atoms with Gasteiger partial charge < -0.3 is 4.90 Å². The van der Waals surface area contributed by atoms with Gasteiger partial charge in [-0.2, -0.15) is 0 Å². The summed E-state index contributed by atoms with van der Waals surface area (Å²) >= 11 is 0. The van der Waals surface area contributed by atoms with Gasteiger partial charge in [0.05, 0.1) is 26.2 Å². The van der Waals surface area contributed by atoms with E-state index >= 15 is 0 Å². The van der Waals surface area contributed by atoms with Crippen LogP contribution in [0.1, 0.15) is 20.6 Å². The second-order valence-corrected chi connectivity index (χ2v) is 10.6. The quantitative estimate of drug-likeness (QED) is 0.173. The first-order valence-electron chi connectivity index (χ1n) is 22.4. The van der Waals surface area contributed by atoms with Crippen LogP contribution in [0.15, 0.2) is 200 Å². The van der Waals surface area contributed by atoms with E-state index in [1.807, 2.05) is 66.7 Å². The summed E-state index contributed by atoms with van der Waals surface area (Å²) in [6, 6.07) is 21.6. The van der Waals surface area contributed by atoms with Crippen LogP contribution >= 0.6 is 0 Å². The highest BCUT2D eigenvalue weighted by atomic mass is 15.1. The number of anilines is 3. The third-order valence-electron chi connectivity index (χ3n) is 7.73. The molecule has 0 amide bonds. The van der Waals surface area contributed by atoms with Crippen LogP contribution in [0.3, 0.4) is 0 Å². The normalized spacial score (nSPS) is 15.4. The van der Waals surface area contributed by atoms with Gasteiger partial charge in [0.25, 0.3) is 0 Å². The number of nitrogens with zero attached hydrogens (tertiary/aromatic N) is 1. The molecule has 0 radical (unpaired) electrons. The van der Waals surface area contributed by atoms with Crippen molar-refractivity contribution in [3.8, 4) is 44.5 Å². The molecule has 0 heterocycles. The van der Waals surface area contributed by atoms with E-state index in [4.69, 9.17) is 11.0 Å². The predicted molar refractivity (Wildman–Crippen MR) is 200 cm³/mol. The molecule has 0 bridgehead atoms. The zero-order valence-electron chi connectivity index (χ0n) is 39.8. The molecule has 0 aliphatic heterocycles. The average Bonchev–Trinajstić information content (AvgIpc) is 3.28. The standard InChI is InChI=1S/C46H33N/c1-4-13-34(14-5-1)35-23-28-41(29-24-35)47(46-22-12-20-38-19-10-11-21-44(38)46)42-30-25-36(26-31-42)40-27-32-43(37-15-6-2-7-16-37)45(33-40)39-17-8-3-9-18-39/h1-33H/i10D,11D,12D,19D,20D,21D,22D,23D,24D,25D,26D,28D,29D,30D,31D. The van der Waals surface area contributed by atoms with Crippen LogP contribution in [0.25, 0.3) is 55.3 Å². The number of hydrogen-bond acceptors (Lipinski definition) is 1. The van der Waals surface area contributed by atoms with Gasteiger partial charge in [0.1, 0.15) is 0 Å². The zero-order valence-corrected chi connectivity index (χ0v) is 24.8. The van der Waals surface area contributed by atoms with Crippen LogP contribution in [-0.2, 0) is 0 Å². The highest BCUT2D eigenvalue weighted by molar-refractivity contribution is 5.99. The number of rotatable bonds is 7. The molecule has 0 N–H and O–H groups in total. The second kappa shape index (κ2) is 12.7. The molecular weight excluding hydrogens is 567 g/mol. The Kier molecular flexibility index (Phi) is 4.42. The van der Waals surface area contributed by atoms with Gasteiger partial charge >= 0.3 is 0 Å². The van der Waals surface area contributed by atoms with Crippen molar-refractivity contribution in [2.45, 2.75) is 0 Å². The Hall–Kier alpha value is -6.18. The van der Waals surface area contributed by atoms with Crippen LogP contribution in [0.4, 0.5) is 17.1 Å². The molecule has 47 heavy (non-hydrogen) atoms. The Labute approximate surface area is 297 Å². The molecule has 8 aromatic carbocycles. The zero-order chi connectivity index (χ0) is 44.5. The fourth-order valence-corrected chi connectivity index (χ4v) is 5.46. The van der Waals surface area contributed by atoms with Crippen molar-refractivity contribution in [3.63, 3.8) is 0 Å². The maximum Gasteiger partial charge on any atom is 0.0645 e. The topological polar surface area (TPSA) is 3.24 Å². The smallest absolute Gasteiger partial charge is 0.0645 e. The molecule has 8 aromatic rings. The highest BCUT2D eigenvalue weighted by Gasteiger charge is 2.16. The van der Waals surface area contributed by atoms with Crippen LogP contribution < -0.4 is 4.90 Å². The lowest BCUT2D eigenvalue weighted by Crippen LogP contribution is -2.10. The first-order chi connectivity index (χ1) is 29.6. The third-order valence-corrected chi connectivity index (χ3v) is 7.73. The van der Waals surface area contributed by atoms with E-state index in [1.54, 1.807) is 42.5 Å². The molecule has 0 aliphatic rings. The van der Waals surface area contributed by atoms with Gasteiger partial charge in [0.15, 0.2) is 0 Å². The van der Waals surface area contributed by atoms with E-state index in [0.29, 0.717) is 11.1 Å². The molecule has 0 fully saturated rings. The summed E-state index contributed by atoms with van der Waals surface area (Å²) in [7, 11) is 0. The van der Waals surface area contributed by atoms with Crippen molar-refractivity contribution in [2.24, 2.45) is 0 Å². The van der Waals surface area contributed by atoms with E-state index < -0.39 is 118 Å². The molecule has 0 unspecified atom stereocenters. The maximum absolute atomic E-state index is 9.57. The minimum absolute atomic E-state index is 0.104. The van der Waals surface area contributed by atoms with E-state index in [1.165, 1.54) is 0 Å². The fraction of sp³-hybridized carbons (Fsp3) is 0. The van der Waals surface area contributed by atoms with Crippen LogP contribution in [0.5, 0.6) is 0 Å². The fourth-order valence-electron chi connectivity index (χ4n) is 5.46. The second-order valence-electron chi connectivity index (χ2n) is 10.6. The third kappa shape index (κ3) is 5.72. The van der Waals surface area contributed by atoms with Gasteiger partial charge in [-0.1, -0.05) is 164 Å². The summed E-state index contributed by atoms with van der Waals surface area (Å²) in [5, 5.41) is -1.04. The first-order valence-corrected chi connectivity index (χ1v) is 14.9. The molecule has 0 saturated carbocycles. The van der Waals surface area contributed by atoms with Gasteiger partial charge in [-0.3, -0.25) is 0 Å². The van der Waals surface area contributed by atoms with Gasteiger partial charge in [0, 0.05) is 16.8 Å². The van der Waals surface area contributed by atoms with Gasteiger partial charge in [-0.05, 0) is 86.2 Å². The van der Waals surface area contributed by atoms with Crippen molar-refractivity contribution in [2.75, 3.05) is 4.90 Å². The van der Waals surface area contributed by atoms with Gasteiger partial charge in [0.2, 0.25) is 0 Å².